The summed E-state index contributed by atoms with van der Waals surface area (Å²) in [6.45, 7) is 6.32. The molecular weight excluding hydrogens is 400 g/mol. The molecule has 0 aliphatic carbocycles. The topological polar surface area (TPSA) is 84.3 Å². The SMILES string of the molecule is CCN(CC)S(=O)(=O)c1ccc(C(C)NC(=O)c2cncn2-c2ccccc2)cc1. The molecule has 0 saturated carbocycles. The molecule has 1 heterocycles. The van der Waals surface area contributed by atoms with Crippen molar-refractivity contribution in [1.82, 2.24) is 19.2 Å². The highest BCUT2D eigenvalue weighted by Crippen LogP contribution is 2.20. The standard InChI is InChI=1S/C22H26N4O3S/c1-4-25(5-2)30(28,29)20-13-11-18(12-14-20)17(3)24-22(27)21-15-23-16-26(21)19-9-7-6-8-10-19/h6-17H,4-5H2,1-3H3,(H,24,27). The zero-order chi connectivity index (χ0) is 21.7. The van der Waals surface area contributed by atoms with E-state index >= 15 is 0 Å². The fourth-order valence-electron chi connectivity index (χ4n) is 3.25. The number of hydrogen-bond donors (Lipinski definition) is 1. The van der Waals surface area contributed by atoms with Gasteiger partial charge in [-0.2, -0.15) is 4.31 Å². The van der Waals surface area contributed by atoms with E-state index in [1.54, 1.807) is 35.2 Å². The Labute approximate surface area is 177 Å². The third-order valence-electron chi connectivity index (χ3n) is 4.98. The van der Waals surface area contributed by atoms with Gasteiger partial charge in [0, 0.05) is 18.8 Å². The first-order valence-electron chi connectivity index (χ1n) is 9.87. The highest BCUT2D eigenvalue weighted by atomic mass is 32.2. The number of para-hydroxylation sites is 1. The van der Waals surface area contributed by atoms with Crippen LogP contribution in [0.15, 0.2) is 72.0 Å². The Hall–Kier alpha value is -2.97. The number of carbonyl (C=O) groups is 1. The Bertz CT molecular complexity index is 1090. The third-order valence-corrected chi connectivity index (χ3v) is 7.04. The molecule has 0 saturated heterocycles. The minimum Gasteiger partial charge on any atom is -0.344 e. The van der Waals surface area contributed by atoms with Gasteiger partial charge < -0.3 is 5.32 Å². The monoisotopic (exact) mass is 426 g/mol. The lowest BCUT2D eigenvalue weighted by Crippen LogP contribution is -2.30. The second-order valence-electron chi connectivity index (χ2n) is 6.84. The van der Waals surface area contributed by atoms with Crippen LogP contribution in [0.3, 0.4) is 0 Å². The molecule has 3 aromatic rings. The van der Waals surface area contributed by atoms with Crippen molar-refractivity contribution in [3.05, 3.63) is 78.4 Å². The summed E-state index contributed by atoms with van der Waals surface area (Å²) in [6.07, 6.45) is 3.12. The summed E-state index contributed by atoms with van der Waals surface area (Å²) in [7, 11) is -3.50. The summed E-state index contributed by atoms with van der Waals surface area (Å²) in [6, 6.07) is 15.8. The zero-order valence-electron chi connectivity index (χ0n) is 17.3. The maximum Gasteiger partial charge on any atom is 0.270 e. The van der Waals surface area contributed by atoms with Gasteiger partial charge in [-0.15, -0.1) is 0 Å². The lowest BCUT2D eigenvalue weighted by atomic mass is 10.1. The molecule has 1 amide bonds. The Morgan fingerprint density at radius 2 is 1.70 bits per heavy atom. The molecule has 1 atom stereocenters. The molecule has 0 aliphatic heterocycles. The van der Waals surface area contributed by atoms with Crippen molar-refractivity contribution >= 4 is 15.9 Å². The van der Waals surface area contributed by atoms with E-state index in [1.807, 2.05) is 51.1 Å². The second kappa shape index (κ2) is 9.23. The summed E-state index contributed by atoms with van der Waals surface area (Å²) >= 11 is 0. The van der Waals surface area contributed by atoms with Gasteiger partial charge in [0.1, 0.15) is 5.69 Å². The number of aromatic nitrogens is 2. The number of benzene rings is 2. The number of carbonyl (C=O) groups excluding carboxylic acids is 1. The van der Waals surface area contributed by atoms with Gasteiger partial charge in [0.2, 0.25) is 10.0 Å². The Kier molecular flexibility index (Phi) is 6.69. The van der Waals surface area contributed by atoms with Gasteiger partial charge in [0.15, 0.2) is 0 Å². The number of hydrogen-bond acceptors (Lipinski definition) is 4. The number of nitrogens with one attached hydrogen (secondary N) is 1. The maximum atomic E-state index is 12.8. The summed E-state index contributed by atoms with van der Waals surface area (Å²) < 4.78 is 28.4. The fraction of sp³-hybridized carbons (Fsp3) is 0.273. The van der Waals surface area contributed by atoms with Crippen molar-refractivity contribution < 1.29 is 13.2 Å². The lowest BCUT2D eigenvalue weighted by molar-refractivity contribution is 0.0933. The average molecular weight is 427 g/mol. The summed E-state index contributed by atoms with van der Waals surface area (Å²) in [5.41, 5.74) is 2.08. The second-order valence-corrected chi connectivity index (χ2v) is 8.78. The van der Waals surface area contributed by atoms with Gasteiger partial charge in [0.05, 0.1) is 23.5 Å². The first-order valence-corrected chi connectivity index (χ1v) is 11.3. The van der Waals surface area contributed by atoms with E-state index < -0.39 is 10.0 Å². The normalized spacial score (nSPS) is 12.7. The molecular formula is C22H26N4O3S. The quantitative estimate of drug-likeness (QED) is 0.598. The van der Waals surface area contributed by atoms with E-state index in [0.717, 1.165) is 11.3 Å². The van der Waals surface area contributed by atoms with Crippen LogP contribution in [0.5, 0.6) is 0 Å². The van der Waals surface area contributed by atoms with Crippen molar-refractivity contribution in [3.63, 3.8) is 0 Å². The smallest absolute Gasteiger partial charge is 0.270 e. The number of sulfonamides is 1. The minimum atomic E-state index is -3.50. The largest absolute Gasteiger partial charge is 0.344 e. The Balaban J connectivity index is 1.75. The molecule has 0 fully saturated rings. The molecule has 2 aromatic carbocycles. The third kappa shape index (κ3) is 4.44. The molecule has 158 valence electrons. The molecule has 30 heavy (non-hydrogen) atoms. The van der Waals surface area contributed by atoms with Gasteiger partial charge in [-0.3, -0.25) is 9.36 Å². The van der Waals surface area contributed by atoms with Crippen LogP contribution in [0.4, 0.5) is 0 Å². The molecule has 0 bridgehead atoms. The van der Waals surface area contributed by atoms with E-state index in [9.17, 15) is 13.2 Å². The van der Waals surface area contributed by atoms with Crippen LogP contribution in [-0.4, -0.2) is 41.3 Å². The van der Waals surface area contributed by atoms with Crippen molar-refractivity contribution in [1.29, 1.82) is 0 Å². The van der Waals surface area contributed by atoms with Crippen LogP contribution >= 0.6 is 0 Å². The fourth-order valence-corrected chi connectivity index (χ4v) is 4.71. The van der Waals surface area contributed by atoms with Crippen molar-refractivity contribution in [2.24, 2.45) is 0 Å². The van der Waals surface area contributed by atoms with E-state index in [2.05, 4.69) is 10.3 Å². The van der Waals surface area contributed by atoms with Crippen molar-refractivity contribution in [3.8, 4) is 5.69 Å². The lowest BCUT2D eigenvalue weighted by Gasteiger charge is -2.19. The molecule has 1 aromatic heterocycles. The molecule has 0 radical (unpaired) electrons. The van der Waals surface area contributed by atoms with Gasteiger partial charge >= 0.3 is 0 Å². The molecule has 1 unspecified atom stereocenters. The molecule has 8 heteroatoms. The van der Waals surface area contributed by atoms with Gasteiger partial charge in [0.25, 0.3) is 5.91 Å². The predicted octanol–water partition coefficient (Wildman–Crippen LogP) is 3.39. The van der Waals surface area contributed by atoms with Crippen molar-refractivity contribution in [2.45, 2.75) is 31.7 Å². The van der Waals surface area contributed by atoms with Gasteiger partial charge in [-0.25, -0.2) is 13.4 Å². The number of amides is 1. The molecule has 1 N–H and O–H groups in total. The summed E-state index contributed by atoms with van der Waals surface area (Å²) in [5, 5.41) is 2.95. The zero-order valence-corrected chi connectivity index (χ0v) is 18.1. The van der Waals surface area contributed by atoms with E-state index in [0.29, 0.717) is 18.8 Å². The number of nitrogens with zero attached hydrogens (tertiary/aromatic N) is 3. The van der Waals surface area contributed by atoms with Crippen LogP contribution in [0.1, 0.15) is 42.9 Å². The Morgan fingerprint density at radius 1 is 1.07 bits per heavy atom. The first-order chi connectivity index (χ1) is 14.4. The molecule has 7 nitrogen and oxygen atoms in total. The predicted molar refractivity (Wildman–Crippen MR) is 116 cm³/mol. The van der Waals surface area contributed by atoms with Gasteiger partial charge in [-0.05, 0) is 36.8 Å². The summed E-state index contributed by atoms with van der Waals surface area (Å²) in [4.78, 5) is 17.1. The molecule has 0 spiro atoms. The van der Waals surface area contributed by atoms with E-state index in [-0.39, 0.29) is 16.8 Å². The molecule has 3 rings (SSSR count). The van der Waals surface area contributed by atoms with Crippen LogP contribution in [0.25, 0.3) is 5.69 Å². The maximum absolute atomic E-state index is 12.8. The Morgan fingerprint density at radius 3 is 2.30 bits per heavy atom. The van der Waals surface area contributed by atoms with Gasteiger partial charge in [-0.1, -0.05) is 44.2 Å². The van der Waals surface area contributed by atoms with Crippen molar-refractivity contribution in [2.75, 3.05) is 13.1 Å². The molecule has 0 aliphatic rings. The highest BCUT2D eigenvalue weighted by molar-refractivity contribution is 7.89. The van der Waals surface area contributed by atoms with E-state index in [1.165, 1.54) is 10.5 Å². The van der Waals surface area contributed by atoms with Crippen LogP contribution in [0, 0.1) is 0 Å². The minimum absolute atomic E-state index is 0.246. The van der Waals surface area contributed by atoms with Crippen LogP contribution in [0.2, 0.25) is 0 Å². The van der Waals surface area contributed by atoms with E-state index in [4.69, 9.17) is 0 Å². The first kappa shape index (κ1) is 21.7. The van der Waals surface area contributed by atoms with Crippen LogP contribution < -0.4 is 5.32 Å². The highest BCUT2D eigenvalue weighted by Gasteiger charge is 2.22. The average Bonchev–Trinajstić information content (AvgIpc) is 3.25. The van der Waals surface area contributed by atoms with Crippen LogP contribution in [-0.2, 0) is 10.0 Å². The number of imidazole rings is 1. The number of rotatable bonds is 8. The summed E-state index contributed by atoms with van der Waals surface area (Å²) in [5.74, 6) is -0.260.